The zero-order valence-electron chi connectivity index (χ0n) is 27.2. The number of hydrogen-bond donors (Lipinski definition) is 2. The Morgan fingerprint density at radius 2 is 1.74 bits per heavy atom. The van der Waals surface area contributed by atoms with Gasteiger partial charge in [0.25, 0.3) is 0 Å². The largest absolute Gasteiger partial charge is 0.495 e. The van der Waals surface area contributed by atoms with Crippen LogP contribution in [0.5, 0.6) is 5.75 Å². The van der Waals surface area contributed by atoms with Gasteiger partial charge < -0.3 is 29.6 Å². The van der Waals surface area contributed by atoms with Gasteiger partial charge in [-0.05, 0) is 53.8 Å². The molecule has 1 saturated heterocycles. The highest BCUT2D eigenvalue weighted by molar-refractivity contribution is 6.32. The molecule has 2 aliphatic rings. The molecule has 47 heavy (non-hydrogen) atoms. The number of carbonyl (C=O) groups is 4. The predicted molar refractivity (Wildman–Crippen MR) is 172 cm³/mol. The van der Waals surface area contributed by atoms with Gasteiger partial charge in [-0.2, -0.15) is 0 Å². The average Bonchev–Trinajstić information content (AvgIpc) is 3.82. The molecule has 2 unspecified atom stereocenters. The van der Waals surface area contributed by atoms with Crippen molar-refractivity contribution in [3.05, 3.63) is 76.6 Å². The van der Waals surface area contributed by atoms with Crippen LogP contribution in [-0.2, 0) is 39.8 Å². The van der Waals surface area contributed by atoms with Gasteiger partial charge in [0.1, 0.15) is 29.8 Å². The Morgan fingerprint density at radius 3 is 2.40 bits per heavy atom. The summed E-state index contributed by atoms with van der Waals surface area (Å²) in [5, 5.41) is 5.80. The molecule has 12 heteroatoms. The summed E-state index contributed by atoms with van der Waals surface area (Å²) in [6.07, 6.45) is 0.779. The van der Waals surface area contributed by atoms with E-state index in [1.54, 1.807) is 43.3 Å². The van der Waals surface area contributed by atoms with Crippen molar-refractivity contribution < 1.29 is 42.5 Å². The molecule has 2 aliphatic heterocycles. The van der Waals surface area contributed by atoms with Gasteiger partial charge in [0.05, 0.1) is 24.2 Å². The minimum atomic E-state index is -1.17. The quantitative estimate of drug-likeness (QED) is 0.300. The Morgan fingerprint density at radius 1 is 1.02 bits per heavy atom. The molecule has 0 aromatic heterocycles. The first-order valence-corrected chi connectivity index (χ1v) is 16.1. The maximum atomic E-state index is 13.5. The van der Waals surface area contributed by atoms with Crippen LogP contribution in [0.4, 0.5) is 4.39 Å². The molecule has 2 aromatic carbocycles. The minimum absolute atomic E-state index is 0.00209. The summed E-state index contributed by atoms with van der Waals surface area (Å²) in [5.74, 6) is -3.45. The van der Waals surface area contributed by atoms with Crippen LogP contribution >= 0.6 is 11.6 Å². The first kappa shape index (κ1) is 35.9. The van der Waals surface area contributed by atoms with E-state index in [1.807, 2.05) is 20.8 Å². The molecule has 0 spiro atoms. The molecule has 7 atom stereocenters. The van der Waals surface area contributed by atoms with Crippen LogP contribution in [0.1, 0.15) is 57.8 Å². The third-order valence-electron chi connectivity index (χ3n) is 8.21. The van der Waals surface area contributed by atoms with Crippen LogP contribution in [0, 0.1) is 23.6 Å². The van der Waals surface area contributed by atoms with Gasteiger partial charge in [0.15, 0.2) is 6.10 Å². The highest BCUT2D eigenvalue weighted by Gasteiger charge is 2.47. The predicted octanol–water partition coefficient (Wildman–Crippen LogP) is 4.87. The van der Waals surface area contributed by atoms with Crippen molar-refractivity contribution in [3.8, 4) is 5.75 Å². The zero-order chi connectivity index (χ0) is 34.2. The summed E-state index contributed by atoms with van der Waals surface area (Å²) in [5.41, 5.74) is 1.47. The van der Waals surface area contributed by atoms with Gasteiger partial charge in [-0.25, -0.2) is 9.18 Å². The highest BCUT2D eigenvalue weighted by atomic mass is 35.5. The molecule has 254 valence electrons. The summed E-state index contributed by atoms with van der Waals surface area (Å²) >= 11 is 6.29. The molecule has 2 N–H and O–H groups in total. The third kappa shape index (κ3) is 10.0. The number of esters is 2. The summed E-state index contributed by atoms with van der Waals surface area (Å²) in [6, 6.07) is 10.1. The Kier molecular flexibility index (Phi) is 12.4. The topological polar surface area (TPSA) is 133 Å². The van der Waals surface area contributed by atoms with E-state index in [1.165, 1.54) is 25.3 Å². The van der Waals surface area contributed by atoms with Crippen molar-refractivity contribution in [1.29, 1.82) is 0 Å². The van der Waals surface area contributed by atoms with E-state index in [2.05, 4.69) is 10.6 Å². The minimum Gasteiger partial charge on any atom is -0.495 e. The lowest BCUT2D eigenvalue weighted by Crippen LogP contribution is -2.49. The number of hydrogen-bond acceptors (Lipinski definition) is 8. The lowest BCUT2D eigenvalue weighted by atomic mass is 9.93. The molecule has 0 radical (unpaired) electrons. The number of carbonyl (C=O) groups excluding carboxylic acids is 4. The number of rotatable bonds is 8. The first-order chi connectivity index (χ1) is 22.4. The molecule has 10 nitrogen and oxygen atoms in total. The maximum absolute atomic E-state index is 13.5. The van der Waals surface area contributed by atoms with Crippen LogP contribution in [0.3, 0.4) is 0 Å². The first-order valence-electron chi connectivity index (χ1n) is 15.7. The van der Waals surface area contributed by atoms with Crippen molar-refractivity contribution in [2.75, 3.05) is 13.7 Å². The number of epoxide rings is 1. The van der Waals surface area contributed by atoms with Crippen molar-refractivity contribution in [2.24, 2.45) is 17.8 Å². The van der Waals surface area contributed by atoms with Crippen LogP contribution in [0.15, 0.2) is 54.6 Å². The number of ether oxygens (including phenoxy) is 4. The van der Waals surface area contributed by atoms with Crippen LogP contribution in [0.2, 0.25) is 5.02 Å². The second kappa shape index (κ2) is 16.2. The van der Waals surface area contributed by atoms with Gasteiger partial charge in [0.2, 0.25) is 11.8 Å². The number of halogens is 2. The SMILES string of the molecule is COc1ccc(C[C@H]2NC(=O)/C=C/C[C@@H]([C@H](C)[C@H]3OC3c3ccc(F)cc3)OC(=O)[C@H](CC(C)C)OC(=O)C(C)CNC2=O)cc1Cl. The normalized spacial score (nSPS) is 27.2. The van der Waals surface area contributed by atoms with E-state index in [4.69, 9.17) is 30.5 Å². The monoisotopic (exact) mass is 672 g/mol. The number of amides is 2. The van der Waals surface area contributed by atoms with Gasteiger partial charge in [0, 0.05) is 25.3 Å². The number of methoxy groups -OCH3 is 1. The van der Waals surface area contributed by atoms with E-state index < -0.39 is 47.9 Å². The summed E-state index contributed by atoms with van der Waals surface area (Å²) < 4.78 is 36.2. The highest BCUT2D eigenvalue weighted by Crippen LogP contribution is 2.45. The molecule has 4 rings (SSSR count). The van der Waals surface area contributed by atoms with E-state index in [9.17, 15) is 23.6 Å². The molecule has 0 aliphatic carbocycles. The van der Waals surface area contributed by atoms with Crippen molar-refractivity contribution >= 4 is 35.4 Å². The van der Waals surface area contributed by atoms with Gasteiger partial charge in [-0.3, -0.25) is 14.4 Å². The van der Waals surface area contributed by atoms with E-state index in [-0.39, 0.29) is 55.7 Å². The fourth-order valence-corrected chi connectivity index (χ4v) is 5.68. The zero-order valence-corrected chi connectivity index (χ0v) is 27.9. The van der Waals surface area contributed by atoms with Gasteiger partial charge in [-0.1, -0.05) is 63.6 Å². The maximum Gasteiger partial charge on any atom is 0.347 e. The fraction of sp³-hybridized carbons (Fsp3) is 0.486. The molecule has 2 heterocycles. The van der Waals surface area contributed by atoms with E-state index >= 15 is 0 Å². The molecule has 1 fully saturated rings. The Bertz CT molecular complexity index is 1470. The summed E-state index contributed by atoms with van der Waals surface area (Å²) in [6.45, 7) is 7.15. The second-order valence-electron chi connectivity index (χ2n) is 12.5. The lowest BCUT2D eigenvalue weighted by Gasteiger charge is -2.27. The second-order valence-corrected chi connectivity index (χ2v) is 12.9. The van der Waals surface area contributed by atoms with E-state index in [0.717, 1.165) is 5.56 Å². The third-order valence-corrected chi connectivity index (χ3v) is 8.51. The standard InChI is InChI=1S/C35H42ClFN2O8/c1-19(2)15-29-35(43)45-27(21(4)31-32(47-31)23-10-12-24(37)13-11-23)7-6-8-30(40)39-26(33(41)38-18-20(3)34(42)46-29)17-22-9-14-28(44-5)25(36)16-22/h6,8-14,16,19-21,26-27,29,31-32H,7,15,17-18H2,1-5H3,(H,38,41)(H,39,40)/b8-6+/t20?,21-,26+,27-,29-,31+,32?/m0/s1. The van der Waals surface area contributed by atoms with E-state index in [0.29, 0.717) is 16.3 Å². The summed E-state index contributed by atoms with van der Waals surface area (Å²) in [7, 11) is 1.49. The molecule has 2 aromatic rings. The Balaban J connectivity index is 1.58. The van der Waals surface area contributed by atoms with Gasteiger partial charge in [-0.15, -0.1) is 0 Å². The van der Waals surface area contributed by atoms with Crippen molar-refractivity contribution in [1.82, 2.24) is 10.6 Å². The number of cyclic esters (lactones) is 2. The van der Waals surface area contributed by atoms with Crippen LogP contribution in [-0.4, -0.2) is 61.8 Å². The average molecular weight is 673 g/mol. The molecule has 0 bridgehead atoms. The number of benzene rings is 2. The van der Waals surface area contributed by atoms with Crippen LogP contribution in [0.25, 0.3) is 0 Å². The lowest BCUT2D eigenvalue weighted by molar-refractivity contribution is -0.176. The Labute approximate surface area is 279 Å². The summed E-state index contributed by atoms with van der Waals surface area (Å²) in [4.78, 5) is 52.9. The molecule has 2 amide bonds. The van der Waals surface area contributed by atoms with Crippen LogP contribution < -0.4 is 15.4 Å². The smallest absolute Gasteiger partial charge is 0.347 e. The van der Waals surface area contributed by atoms with Crippen molar-refractivity contribution in [3.63, 3.8) is 0 Å². The Hall–Kier alpha value is -3.96. The fourth-order valence-electron chi connectivity index (χ4n) is 5.40. The molecule has 0 saturated carbocycles. The van der Waals surface area contributed by atoms with Gasteiger partial charge >= 0.3 is 11.9 Å². The number of nitrogens with one attached hydrogen (secondary N) is 2. The molecular formula is C35H42ClFN2O8. The van der Waals surface area contributed by atoms with Crippen molar-refractivity contribution in [2.45, 2.75) is 77.4 Å². The molecular weight excluding hydrogens is 631 g/mol.